The second-order valence-corrected chi connectivity index (χ2v) is 8.49. The lowest BCUT2D eigenvalue weighted by Gasteiger charge is -2.53. The number of halogens is 1. The number of pyridine rings is 2. The number of rotatable bonds is 4. The molecule has 162 valence electrons. The van der Waals surface area contributed by atoms with Gasteiger partial charge in [-0.1, -0.05) is 0 Å². The van der Waals surface area contributed by atoms with E-state index in [0.717, 1.165) is 65.4 Å². The van der Waals surface area contributed by atoms with Gasteiger partial charge in [-0.2, -0.15) is 5.10 Å². The Kier molecular flexibility index (Phi) is 4.98. The van der Waals surface area contributed by atoms with Gasteiger partial charge in [-0.25, -0.2) is 9.50 Å². The number of aromatic nitrogens is 5. The fourth-order valence-electron chi connectivity index (χ4n) is 4.96. The summed E-state index contributed by atoms with van der Waals surface area (Å²) in [5.74, 6) is 1.84. The fourth-order valence-corrected chi connectivity index (χ4v) is 4.96. The first kappa shape index (κ1) is 20.1. The molecule has 0 bridgehead atoms. The molecule has 4 aromatic heterocycles. The van der Waals surface area contributed by atoms with Gasteiger partial charge in [0, 0.05) is 42.4 Å². The molecule has 2 fully saturated rings. The summed E-state index contributed by atoms with van der Waals surface area (Å²) in [6.07, 6.45) is 8.29. The average Bonchev–Trinajstić information content (AvgIpc) is 3.33. The van der Waals surface area contributed by atoms with Gasteiger partial charge in [0.05, 0.1) is 29.9 Å². The molecule has 6 rings (SSSR count). The predicted octanol–water partition coefficient (Wildman–Crippen LogP) is 3.28. The molecular formula is C22H26ClN7O. The maximum absolute atomic E-state index is 5.78. The number of fused-ring (bicyclic) bond motifs is 3. The minimum absolute atomic E-state index is 0. The Bertz CT molecular complexity index is 1200. The minimum atomic E-state index is 0. The molecule has 1 spiro atoms. The van der Waals surface area contributed by atoms with E-state index in [2.05, 4.69) is 43.7 Å². The van der Waals surface area contributed by atoms with Gasteiger partial charge >= 0.3 is 0 Å². The molecule has 2 aliphatic heterocycles. The molecule has 0 saturated carbocycles. The van der Waals surface area contributed by atoms with Crippen LogP contribution in [-0.2, 0) is 0 Å². The summed E-state index contributed by atoms with van der Waals surface area (Å²) in [6, 6.07) is 6.34. The second kappa shape index (κ2) is 7.69. The first-order valence-corrected chi connectivity index (χ1v) is 10.7. The summed E-state index contributed by atoms with van der Waals surface area (Å²) in [5, 5.41) is 16.2. The van der Waals surface area contributed by atoms with Crippen LogP contribution in [0.3, 0.4) is 0 Å². The molecule has 2 aliphatic rings. The molecule has 31 heavy (non-hydrogen) atoms. The third-order valence-electron chi connectivity index (χ3n) is 6.41. The van der Waals surface area contributed by atoms with Crippen LogP contribution < -0.4 is 15.0 Å². The lowest BCUT2D eigenvalue weighted by Crippen LogP contribution is -2.62. The second-order valence-electron chi connectivity index (χ2n) is 8.49. The summed E-state index contributed by atoms with van der Waals surface area (Å²) >= 11 is 0. The van der Waals surface area contributed by atoms with Crippen molar-refractivity contribution >= 4 is 34.8 Å². The van der Waals surface area contributed by atoms with Crippen molar-refractivity contribution in [1.29, 1.82) is 0 Å². The number of ether oxygens (including phenoxy) is 1. The topological polar surface area (TPSA) is 83.4 Å². The number of anilines is 1. The standard InChI is InChI=1S/C22H25N7O.ClH/c1-2-30-16-8-17(20-18-10-25-26-21(18)27-29(20)11-16)15-4-5-19(24-9-15)28-13-22(14-28)6-3-7-23-12-22;/h4-5,8-11,23H,2-3,6-7,12-14H2,1H3,(H,26,27);1H. The summed E-state index contributed by atoms with van der Waals surface area (Å²) in [5.41, 5.74) is 4.30. The monoisotopic (exact) mass is 439 g/mol. The highest BCUT2D eigenvalue weighted by Gasteiger charge is 2.43. The van der Waals surface area contributed by atoms with Gasteiger partial charge < -0.3 is 15.0 Å². The lowest BCUT2D eigenvalue weighted by molar-refractivity contribution is 0.156. The Morgan fingerprint density at radius 3 is 2.87 bits per heavy atom. The van der Waals surface area contributed by atoms with Gasteiger partial charge in [0.2, 0.25) is 0 Å². The van der Waals surface area contributed by atoms with Crippen LogP contribution in [0.1, 0.15) is 19.8 Å². The molecule has 2 N–H and O–H groups in total. The molecular weight excluding hydrogens is 414 g/mol. The Balaban J connectivity index is 0.00000204. The van der Waals surface area contributed by atoms with Gasteiger partial charge in [0.1, 0.15) is 11.6 Å². The SMILES string of the molecule is CCOc1cc(-c2ccc(N3CC4(CCCNC4)C3)nc2)c2c3cn[nH]c3nn2c1.Cl. The highest BCUT2D eigenvalue weighted by atomic mass is 35.5. The van der Waals surface area contributed by atoms with Crippen LogP contribution in [0.25, 0.3) is 27.7 Å². The first-order valence-electron chi connectivity index (χ1n) is 10.7. The zero-order valence-electron chi connectivity index (χ0n) is 17.5. The van der Waals surface area contributed by atoms with Crippen molar-refractivity contribution in [3.63, 3.8) is 0 Å². The Labute approximate surface area is 186 Å². The molecule has 6 heterocycles. The molecule has 0 unspecified atom stereocenters. The van der Waals surface area contributed by atoms with E-state index < -0.39 is 0 Å². The van der Waals surface area contributed by atoms with Crippen LogP contribution in [0.5, 0.6) is 5.75 Å². The molecule has 0 aromatic carbocycles. The number of H-pyrrole nitrogens is 1. The van der Waals surface area contributed by atoms with Crippen molar-refractivity contribution in [3.8, 4) is 16.9 Å². The molecule has 0 radical (unpaired) electrons. The quantitative estimate of drug-likeness (QED) is 0.507. The Morgan fingerprint density at radius 1 is 1.23 bits per heavy atom. The van der Waals surface area contributed by atoms with E-state index in [-0.39, 0.29) is 12.4 Å². The predicted molar refractivity (Wildman–Crippen MR) is 123 cm³/mol. The van der Waals surface area contributed by atoms with E-state index in [4.69, 9.17) is 9.72 Å². The number of piperidine rings is 1. The van der Waals surface area contributed by atoms with E-state index >= 15 is 0 Å². The van der Waals surface area contributed by atoms with Crippen LogP contribution >= 0.6 is 12.4 Å². The van der Waals surface area contributed by atoms with Crippen LogP contribution in [0.15, 0.2) is 36.8 Å². The average molecular weight is 440 g/mol. The summed E-state index contributed by atoms with van der Waals surface area (Å²) in [4.78, 5) is 7.19. The highest BCUT2D eigenvalue weighted by Crippen LogP contribution is 2.39. The largest absolute Gasteiger partial charge is 0.492 e. The van der Waals surface area contributed by atoms with Crippen LogP contribution in [-0.4, -0.2) is 57.6 Å². The normalized spacial score (nSPS) is 17.6. The molecule has 9 heteroatoms. The number of hydrogen-bond donors (Lipinski definition) is 2. The zero-order chi connectivity index (χ0) is 20.1. The van der Waals surface area contributed by atoms with Gasteiger partial charge in [-0.05, 0) is 44.5 Å². The Hall–Kier alpha value is -2.84. The van der Waals surface area contributed by atoms with Gasteiger partial charge in [-0.3, -0.25) is 5.10 Å². The molecule has 4 aromatic rings. The maximum atomic E-state index is 5.78. The first-order chi connectivity index (χ1) is 14.7. The zero-order valence-corrected chi connectivity index (χ0v) is 18.3. The summed E-state index contributed by atoms with van der Waals surface area (Å²) < 4.78 is 7.65. The van der Waals surface area contributed by atoms with E-state index in [0.29, 0.717) is 12.0 Å². The molecule has 8 nitrogen and oxygen atoms in total. The maximum Gasteiger partial charge on any atom is 0.178 e. The highest BCUT2D eigenvalue weighted by molar-refractivity contribution is 6.00. The van der Waals surface area contributed by atoms with E-state index in [1.807, 2.05) is 30.0 Å². The van der Waals surface area contributed by atoms with Crippen molar-refractivity contribution in [3.05, 3.63) is 36.8 Å². The van der Waals surface area contributed by atoms with Crippen LogP contribution in [0.4, 0.5) is 5.82 Å². The third kappa shape index (κ3) is 3.30. The molecule has 0 aliphatic carbocycles. The third-order valence-corrected chi connectivity index (χ3v) is 6.41. The summed E-state index contributed by atoms with van der Waals surface area (Å²) in [7, 11) is 0. The van der Waals surface area contributed by atoms with E-state index in [9.17, 15) is 0 Å². The number of nitrogens with zero attached hydrogens (tertiary/aromatic N) is 5. The van der Waals surface area contributed by atoms with Crippen LogP contribution in [0.2, 0.25) is 0 Å². The number of hydrogen-bond acceptors (Lipinski definition) is 6. The minimum Gasteiger partial charge on any atom is -0.492 e. The summed E-state index contributed by atoms with van der Waals surface area (Å²) in [6.45, 7) is 7.06. The number of nitrogens with one attached hydrogen (secondary N) is 2. The van der Waals surface area contributed by atoms with Crippen molar-refractivity contribution < 1.29 is 4.74 Å². The van der Waals surface area contributed by atoms with E-state index in [1.165, 1.54) is 12.8 Å². The lowest BCUT2D eigenvalue weighted by atomic mass is 9.74. The smallest absolute Gasteiger partial charge is 0.178 e. The van der Waals surface area contributed by atoms with Crippen molar-refractivity contribution in [2.75, 3.05) is 37.7 Å². The van der Waals surface area contributed by atoms with E-state index in [1.54, 1.807) is 0 Å². The number of aromatic amines is 1. The molecule has 0 atom stereocenters. The molecule has 2 saturated heterocycles. The van der Waals surface area contributed by atoms with Gasteiger partial charge in [0.15, 0.2) is 5.65 Å². The van der Waals surface area contributed by atoms with Crippen molar-refractivity contribution in [1.82, 2.24) is 30.1 Å². The van der Waals surface area contributed by atoms with Crippen molar-refractivity contribution in [2.45, 2.75) is 19.8 Å². The van der Waals surface area contributed by atoms with Gasteiger partial charge in [0.25, 0.3) is 0 Å². The Morgan fingerprint density at radius 2 is 2.13 bits per heavy atom. The van der Waals surface area contributed by atoms with Crippen molar-refractivity contribution in [2.24, 2.45) is 5.41 Å². The molecule has 0 amide bonds. The van der Waals surface area contributed by atoms with Gasteiger partial charge in [-0.15, -0.1) is 17.5 Å². The van der Waals surface area contributed by atoms with Crippen LogP contribution in [0, 0.1) is 5.41 Å². The fraction of sp³-hybridized carbons (Fsp3) is 0.409.